The zero-order chi connectivity index (χ0) is 19.1. The average Bonchev–Trinajstić information content (AvgIpc) is 2.62. The highest BCUT2D eigenvalue weighted by molar-refractivity contribution is 9.10. The molecule has 0 bridgehead atoms. The van der Waals surface area contributed by atoms with Crippen molar-refractivity contribution in [3.8, 4) is 6.07 Å². The normalized spacial score (nSPS) is 10.7. The molecule has 0 fully saturated rings. The van der Waals surface area contributed by atoms with Crippen molar-refractivity contribution in [2.24, 2.45) is 0 Å². The molecule has 26 heavy (non-hydrogen) atoms. The Morgan fingerprint density at radius 3 is 2.35 bits per heavy atom. The number of hydrogen-bond acceptors (Lipinski definition) is 5. The molecular weight excluding hydrogens is 396 g/mol. The van der Waals surface area contributed by atoms with Crippen molar-refractivity contribution in [2.75, 3.05) is 10.6 Å². The molecule has 2 rings (SSSR count). The molecule has 0 spiro atoms. The maximum atomic E-state index is 12.6. The number of imide groups is 1. The van der Waals surface area contributed by atoms with Gasteiger partial charge in [-0.3, -0.25) is 9.59 Å². The molecule has 0 saturated heterocycles. The Labute approximate surface area is 160 Å². The molecule has 0 heterocycles. The quantitative estimate of drug-likeness (QED) is 0.446. The van der Waals surface area contributed by atoms with Gasteiger partial charge in [0.25, 0.3) is 5.91 Å². The lowest BCUT2D eigenvalue weighted by Gasteiger charge is -2.19. The lowest BCUT2D eigenvalue weighted by Crippen LogP contribution is -2.36. The molecule has 0 aliphatic heterocycles. The molecule has 0 aliphatic rings. The summed E-state index contributed by atoms with van der Waals surface area (Å²) in [4.78, 5) is 25.5. The number of amides is 2. The van der Waals surface area contributed by atoms with Gasteiger partial charge in [-0.2, -0.15) is 5.26 Å². The molecule has 2 aromatic carbocycles. The third-order valence-electron chi connectivity index (χ3n) is 3.49. The summed E-state index contributed by atoms with van der Waals surface area (Å²) in [5, 5.41) is 12.2. The third-order valence-corrected chi connectivity index (χ3v) is 4.01. The van der Waals surface area contributed by atoms with Gasteiger partial charge in [0.15, 0.2) is 0 Å². The summed E-state index contributed by atoms with van der Waals surface area (Å²) >= 11 is 3.36. The van der Waals surface area contributed by atoms with Gasteiger partial charge < -0.3 is 11.1 Å². The van der Waals surface area contributed by atoms with Crippen molar-refractivity contribution in [2.45, 2.75) is 13.5 Å². The first-order valence-electron chi connectivity index (χ1n) is 7.71. The maximum Gasteiger partial charge on any atom is 0.277 e. The number of benzene rings is 2. The lowest BCUT2D eigenvalue weighted by molar-refractivity contribution is -0.123. The average molecular weight is 413 g/mol. The number of nitrogens with one attached hydrogen (secondary N) is 1. The van der Waals surface area contributed by atoms with Crippen LogP contribution in [0.4, 0.5) is 11.4 Å². The summed E-state index contributed by atoms with van der Waals surface area (Å²) in [5.41, 5.74) is 7.30. The van der Waals surface area contributed by atoms with E-state index in [1.807, 2.05) is 30.3 Å². The number of anilines is 2. The first kappa shape index (κ1) is 19.2. The molecule has 0 aliphatic carbocycles. The van der Waals surface area contributed by atoms with Gasteiger partial charge in [0.05, 0.1) is 5.69 Å². The van der Waals surface area contributed by atoms with Crippen molar-refractivity contribution >= 4 is 39.1 Å². The second-order valence-electron chi connectivity index (χ2n) is 5.43. The van der Waals surface area contributed by atoms with Crippen LogP contribution in [-0.4, -0.2) is 11.8 Å². The third kappa shape index (κ3) is 4.94. The molecule has 0 aromatic heterocycles. The van der Waals surface area contributed by atoms with Gasteiger partial charge in [-0.05, 0) is 42.0 Å². The Morgan fingerprint density at radius 1 is 1.19 bits per heavy atom. The van der Waals surface area contributed by atoms with Crippen LogP contribution >= 0.6 is 15.9 Å². The topological polar surface area (TPSA) is 99.2 Å². The number of carbonyl (C=O) groups is 2. The van der Waals surface area contributed by atoms with Gasteiger partial charge in [0.1, 0.15) is 11.6 Å². The van der Waals surface area contributed by atoms with Crippen LogP contribution < -0.4 is 16.0 Å². The molecule has 132 valence electrons. The van der Waals surface area contributed by atoms with Crippen LogP contribution in [-0.2, 0) is 16.1 Å². The van der Waals surface area contributed by atoms with E-state index < -0.39 is 11.8 Å². The van der Waals surface area contributed by atoms with Crippen molar-refractivity contribution in [3.05, 3.63) is 70.3 Å². The summed E-state index contributed by atoms with van der Waals surface area (Å²) in [6, 6.07) is 15.7. The van der Waals surface area contributed by atoms with E-state index in [1.165, 1.54) is 13.1 Å². The van der Waals surface area contributed by atoms with Crippen molar-refractivity contribution in [1.29, 1.82) is 5.26 Å². The van der Waals surface area contributed by atoms with Gasteiger partial charge in [-0.1, -0.05) is 28.1 Å². The van der Waals surface area contributed by atoms with Gasteiger partial charge in [0, 0.05) is 29.8 Å². The minimum absolute atomic E-state index is 0.172. The van der Waals surface area contributed by atoms with Gasteiger partial charge >= 0.3 is 0 Å². The molecule has 2 amide bonds. The zero-order valence-corrected chi connectivity index (χ0v) is 15.7. The van der Waals surface area contributed by atoms with Gasteiger partial charge in [0.2, 0.25) is 5.91 Å². The molecular formula is C19H17BrN4O2. The Morgan fingerprint density at radius 2 is 1.81 bits per heavy atom. The van der Waals surface area contributed by atoms with Crippen molar-refractivity contribution in [3.63, 3.8) is 0 Å². The van der Waals surface area contributed by atoms with Crippen molar-refractivity contribution < 1.29 is 9.59 Å². The van der Waals surface area contributed by atoms with Crippen LogP contribution in [0.25, 0.3) is 0 Å². The minimum Gasteiger partial charge on any atom is -0.399 e. The number of nitrogen functional groups attached to an aromatic ring is 1. The number of hydrogen-bond donors (Lipinski definition) is 2. The number of nitriles is 1. The number of carbonyl (C=O) groups excluding carboxylic acids is 2. The predicted molar refractivity (Wildman–Crippen MR) is 104 cm³/mol. The van der Waals surface area contributed by atoms with E-state index in [9.17, 15) is 14.9 Å². The van der Waals surface area contributed by atoms with Crippen molar-refractivity contribution in [1.82, 2.24) is 5.32 Å². The Balaban J connectivity index is 2.16. The van der Waals surface area contributed by atoms with E-state index in [-0.39, 0.29) is 5.57 Å². The first-order chi connectivity index (χ1) is 12.4. The fourth-order valence-corrected chi connectivity index (χ4v) is 2.47. The predicted octanol–water partition coefficient (Wildman–Crippen LogP) is 3.11. The minimum atomic E-state index is -0.701. The summed E-state index contributed by atoms with van der Waals surface area (Å²) in [6.45, 7) is 1.70. The molecule has 6 nitrogen and oxygen atoms in total. The Bertz CT molecular complexity index is 868. The highest BCUT2D eigenvalue weighted by atomic mass is 79.9. The lowest BCUT2D eigenvalue weighted by atomic mass is 10.2. The van der Waals surface area contributed by atoms with E-state index in [2.05, 4.69) is 21.2 Å². The maximum absolute atomic E-state index is 12.6. The van der Waals surface area contributed by atoms with Gasteiger partial charge in [-0.25, -0.2) is 4.90 Å². The van der Waals surface area contributed by atoms with Crippen LogP contribution in [0.1, 0.15) is 12.5 Å². The summed E-state index contributed by atoms with van der Waals surface area (Å²) in [6.07, 6.45) is 1.32. The van der Waals surface area contributed by atoms with E-state index >= 15 is 0 Å². The standard InChI is InChI=1S/C19H17BrN4O2/c1-13(25)24(18-8-6-17(22)7-9-18)19(26)15(10-21)12-23-11-14-2-4-16(20)5-3-14/h2-9,12,23H,11,22H2,1H3/b15-12-. The number of rotatable bonds is 5. The monoisotopic (exact) mass is 412 g/mol. The Hall–Kier alpha value is -3.11. The van der Waals surface area contributed by atoms with E-state index in [1.54, 1.807) is 24.3 Å². The van der Waals surface area contributed by atoms with Crippen LogP contribution in [0.15, 0.2) is 64.8 Å². The molecule has 7 heteroatoms. The second-order valence-corrected chi connectivity index (χ2v) is 6.34. The summed E-state index contributed by atoms with van der Waals surface area (Å²) < 4.78 is 0.963. The molecule has 0 saturated carbocycles. The fraction of sp³-hybridized carbons (Fsp3) is 0.105. The largest absolute Gasteiger partial charge is 0.399 e. The fourth-order valence-electron chi connectivity index (χ4n) is 2.20. The highest BCUT2D eigenvalue weighted by Crippen LogP contribution is 2.19. The Kier molecular flexibility index (Phi) is 6.53. The molecule has 3 N–H and O–H groups in total. The van der Waals surface area contributed by atoms with Crippen LogP contribution in [0, 0.1) is 11.3 Å². The first-order valence-corrected chi connectivity index (χ1v) is 8.50. The van der Waals surface area contributed by atoms with Gasteiger partial charge in [-0.15, -0.1) is 0 Å². The van der Waals surface area contributed by atoms with E-state index in [0.717, 1.165) is 14.9 Å². The smallest absolute Gasteiger partial charge is 0.277 e. The second kappa shape index (κ2) is 8.83. The molecule has 0 unspecified atom stereocenters. The summed E-state index contributed by atoms with van der Waals surface area (Å²) in [7, 11) is 0. The molecule has 0 atom stereocenters. The van der Waals surface area contributed by atoms with E-state index in [4.69, 9.17) is 5.73 Å². The molecule has 2 aromatic rings. The number of halogens is 1. The zero-order valence-electron chi connectivity index (χ0n) is 14.1. The summed E-state index contributed by atoms with van der Waals surface area (Å²) in [5.74, 6) is -1.19. The van der Waals surface area contributed by atoms with Crippen LogP contribution in [0.5, 0.6) is 0 Å². The van der Waals surface area contributed by atoms with E-state index in [0.29, 0.717) is 17.9 Å². The number of nitrogens with zero attached hydrogens (tertiary/aromatic N) is 2. The van der Waals surface area contributed by atoms with Crippen LogP contribution in [0.2, 0.25) is 0 Å². The van der Waals surface area contributed by atoms with Crippen LogP contribution in [0.3, 0.4) is 0 Å². The SMILES string of the molecule is CC(=O)N(C(=O)/C(C#N)=C\NCc1ccc(Br)cc1)c1ccc(N)cc1. The molecule has 0 radical (unpaired) electrons. The highest BCUT2D eigenvalue weighted by Gasteiger charge is 2.23. The number of nitrogens with two attached hydrogens (primary N) is 1.